The number of nitrogens with one attached hydrogen (secondary N) is 3. The van der Waals surface area contributed by atoms with Gasteiger partial charge in [-0.3, -0.25) is 10.00 Å². The van der Waals surface area contributed by atoms with Crippen LogP contribution in [0.15, 0.2) is 24.3 Å². The minimum atomic E-state index is 0.324. The molecule has 3 atom stereocenters. The topological polar surface area (TPSA) is 115 Å². The Balaban J connectivity index is 1.28. The quantitative estimate of drug-likeness (QED) is 0.468. The molecule has 3 saturated heterocycles. The van der Waals surface area contributed by atoms with E-state index < -0.39 is 0 Å². The predicted molar refractivity (Wildman–Crippen MR) is 135 cm³/mol. The number of hydrogen-bond donors (Lipinski definition) is 3. The van der Waals surface area contributed by atoms with Gasteiger partial charge in [-0.1, -0.05) is 12.5 Å². The minimum Gasteiger partial charge on any atom is -0.380 e. The Morgan fingerprint density at radius 1 is 1.17 bits per heavy atom. The lowest BCUT2D eigenvalue weighted by atomic mass is 9.81. The van der Waals surface area contributed by atoms with Crippen molar-refractivity contribution in [1.82, 2.24) is 25.1 Å². The van der Waals surface area contributed by atoms with E-state index in [0.29, 0.717) is 36.4 Å². The molecular formula is C26H32N8O. The first-order chi connectivity index (χ1) is 17.2. The number of aromatic nitrogens is 4. The number of nitriles is 1. The number of aromatic amines is 1. The van der Waals surface area contributed by atoms with Crippen LogP contribution in [0.25, 0.3) is 10.9 Å². The molecule has 9 nitrogen and oxygen atoms in total. The molecule has 2 aromatic heterocycles. The maximum Gasteiger partial charge on any atom is 0.225 e. The molecule has 3 N–H and O–H groups in total. The van der Waals surface area contributed by atoms with Crippen molar-refractivity contribution >= 4 is 28.5 Å². The van der Waals surface area contributed by atoms with E-state index in [1.807, 2.05) is 13.0 Å². The highest BCUT2D eigenvalue weighted by atomic mass is 16.5. The fourth-order valence-corrected chi connectivity index (χ4v) is 5.92. The molecule has 9 heteroatoms. The van der Waals surface area contributed by atoms with Crippen molar-refractivity contribution in [3.8, 4) is 6.07 Å². The van der Waals surface area contributed by atoms with E-state index in [0.717, 1.165) is 60.8 Å². The lowest BCUT2D eigenvalue weighted by Crippen LogP contribution is -2.55. The molecule has 5 heterocycles. The maximum absolute atomic E-state index is 9.07. The summed E-state index contributed by atoms with van der Waals surface area (Å²) < 4.78 is 5.41. The van der Waals surface area contributed by atoms with E-state index in [2.05, 4.69) is 50.0 Å². The molecule has 1 aromatic carbocycles. The third-order valence-corrected chi connectivity index (χ3v) is 7.72. The lowest BCUT2D eigenvalue weighted by molar-refractivity contribution is 0.00847. The second kappa shape index (κ2) is 9.44. The van der Waals surface area contributed by atoms with E-state index in [4.69, 9.17) is 20.0 Å². The zero-order valence-corrected chi connectivity index (χ0v) is 20.1. The normalized spacial score (nSPS) is 24.6. The second-order valence-electron chi connectivity index (χ2n) is 10.2. The summed E-state index contributed by atoms with van der Waals surface area (Å²) in [5.74, 6) is 2.59. The Kier molecular flexibility index (Phi) is 6.00. The number of aryl methyl sites for hydroxylation is 1. The summed E-state index contributed by atoms with van der Waals surface area (Å²) in [6, 6.07) is 12.1. The number of ether oxygens (including phenoxy) is 1. The van der Waals surface area contributed by atoms with Crippen LogP contribution in [0.5, 0.6) is 0 Å². The fourth-order valence-electron chi connectivity index (χ4n) is 5.92. The third-order valence-electron chi connectivity index (χ3n) is 7.72. The monoisotopic (exact) mass is 472 g/mol. The van der Waals surface area contributed by atoms with Crippen LogP contribution in [-0.4, -0.2) is 62.9 Å². The van der Waals surface area contributed by atoms with Crippen LogP contribution in [0.3, 0.4) is 0 Å². The number of rotatable bonds is 7. The van der Waals surface area contributed by atoms with Gasteiger partial charge in [0.05, 0.1) is 24.8 Å². The Hall–Kier alpha value is -3.22. The minimum absolute atomic E-state index is 0.324. The molecule has 35 heavy (non-hydrogen) atoms. The van der Waals surface area contributed by atoms with Crippen LogP contribution in [0.1, 0.15) is 55.7 Å². The predicted octanol–water partition coefficient (Wildman–Crippen LogP) is 4.23. The van der Waals surface area contributed by atoms with Crippen LogP contribution in [-0.2, 0) is 4.74 Å². The van der Waals surface area contributed by atoms with E-state index >= 15 is 0 Å². The second-order valence-corrected chi connectivity index (χ2v) is 10.2. The zero-order chi connectivity index (χ0) is 23.8. The van der Waals surface area contributed by atoms with Crippen molar-refractivity contribution in [1.29, 1.82) is 5.26 Å². The summed E-state index contributed by atoms with van der Waals surface area (Å²) in [7, 11) is 0. The summed E-state index contributed by atoms with van der Waals surface area (Å²) in [5.41, 5.74) is 3.18. The highest BCUT2D eigenvalue weighted by molar-refractivity contribution is 5.92. The SMILES string of the molecule is Cc1cc(Nc2nc(NC3C[C@H]4CCC[C@@H](C3)N4CCC#N)nc3cc(C4COC4)ccc23)n[nH]1. The van der Waals surface area contributed by atoms with E-state index in [9.17, 15) is 0 Å². The molecule has 3 aromatic rings. The number of fused-ring (bicyclic) bond motifs is 3. The molecule has 0 saturated carbocycles. The zero-order valence-electron chi connectivity index (χ0n) is 20.1. The molecule has 0 amide bonds. The summed E-state index contributed by atoms with van der Waals surface area (Å²) in [6.45, 7) is 4.41. The van der Waals surface area contributed by atoms with Crippen LogP contribution >= 0.6 is 0 Å². The molecule has 1 unspecified atom stereocenters. The molecule has 3 aliphatic rings. The molecule has 0 radical (unpaired) electrons. The van der Waals surface area contributed by atoms with Crippen molar-refractivity contribution in [2.24, 2.45) is 0 Å². The largest absolute Gasteiger partial charge is 0.380 e. The van der Waals surface area contributed by atoms with E-state index in [1.165, 1.54) is 24.8 Å². The highest BCUT2D eigenvalue weighted by Crippen LogP contribution is 2.36. The number of nitrogens with zero attached hydrogens (tertiary/aromatic N) is 5. The molecule has 3 aliphatic heterocycles. The van der Waals surface area contributed by atoms with Gasteiger partial charge in [-0.15, -0.1) is 0 Å². The van der Waals surface area contributed by atoms with Crippen LogP contribution in [0.2, 0.25) is 0 Å². The number of H-pyrrole nitrogens is 1. The number of anilines is 3. The molecule has 0 aliphatic carbocycles. The summed E-state index contributed by atoms with van der Waals surface area (Å²) in [6.07, 6.45) is 6.42. The average molecular weight is 473 g/mol. The van der Waals surface area contributed by atoms with Crippen molar-refractivity contribution in [3.05, 3.63) is 35.5 Å². The van der Waals surface area contributed by atoms with Crippen molar-refractivity contribution < 1.29 is 4.74 Å². The number of piperidine rings is 2. The van der Waals surface area contributed by atoms with Gasteiger partial charge >= 0.3 is 0 Å². The third kappa shape index (κ3) is 4.56. The lowest BCUT2D eigenvalue weighted by Gasteiger charge is -2.48. The standard InChI is InChI=1S/C26H32N8O/c1-16-10-24(33-32-16)30-25-22-7-6-17(18-14-35-15-18)11-23(22)29-26(31-25)28-19-12-20-4-2-5-21(13-19)34(20)9-3-8-27/h6-7,10-11,18-21H,2-5,9,12-15H2,1H3,(H3,28,29,30,31,32,33)/t19?,20-,21+. The van der Waals surface area contributed by atoms with Crippen LogP contribution < -0.4 is 10.6 Å². The smallest absolute Gasteiger partial charge is 0.225 e. The first kappa shape index (κ1) is 22.3. The Morgan fingerprint density at radius 2 is 2.00 bits per heavy atom. The van der Waals surface area contributed by atoms with Gasteiger partial charge in [-0.2, -0.15) is 15.3 Å². The van der Waals surface area contributed by atoms with Gasteiger partial charge in [0.2, 0.25) is 5.95 Å². The van der Waals surface area contributed by atoms with Gasteiger partial charge in [0.25, 0.3) is 0 Å². The van der Waals surface area contributed by atoms with Gasteiger partial charge < -0.3 is 15.4 Å². The van der Waals surface area contributed by atoms with Gasteiger partial charge in [0, 0.05) is 54.2 Å². The van der Waals surface area contributed by atoms with Gasteiger partial charge in [-0.05, 0) is 50.3 Å². The Bertz CT molecular complexity index is 1230. The van der Waals surface area contributed by atoms with Crippen LogP contribution in [0.4, 0.5) is 17.6 Å². The van der Waals surface area contributed by atoms with Crippen LogP contribution in [0, 0.1) is 18.3 Å². The molecule has 0 spiro atoms. The van der Waals surface area contributed by atoms with Gasteiger partial charge in [0.1, 0.15) is 5.82 Å². The van der Waals surface area contributed by atoms with E-state index in [-0.39, 0.29) is 0 Å². The summed E-state index contributed by atoms with van der Waals surface area (Å²) in [5, 5.41) is 24.5. The molecule has 2 bridgehead atoms. The number of benzene rings is 1. The van der Waals surface area contributed by atoms with Crippen molar-refractivity contribution in [2.45, 2.75) is 69.5 Å². The molecular weight excluding hydrogens is 440 g/mol. The maximum atomic E-state index is 9.07. The summed E-state index contributed by atoms with van der Waals surface area (Å²) in [4.78, 5) is 12.4. The van der Waals surface area contributed by atoms with E-state index in [1.54, 1.807) is 0 Å². The first-order valence-electron chi connectivity index (χ1n) is 12.7. The molecule has 182 valence electrons. The molecule has 6 rings (SSSR count). The summed E-state index contributed by atoms with van der Waals surface area (Å²) >= 11 is 0. The van der Waals surface area contributed by atoms with Gasteiger partial charge in [-0.25, -0.2) is 4.98 Å². The Morgan fingerprint density at radius 3 is 2.69 bits per heavy atom. The highest BCUT2D eigenvalue weighted by Gasteiger charge is 2.38. The Labute approximate surface area is 205 Å². The fraction of sp³-hybridized carbons (Fsp3) is 0.538. The molecule has 3 fully saturated rings. The average Bonchev–Trinajstić information content (AvgIpc) is 3.20. The van der Waals surface area contributed by atoms with Crippen molar-refractivity contribution in [2.75, 3.05) is 30.4 Å². The van der Waals surface area contributed by atoms with Gasteiger partial charge in [0.15, 0.2) is 5.82 Å². The van der Waals surface area contributed by atoms with Crippen molar-refractivity contribution in [3.63, 3.8) is 0 Å². The first-order valence-corrected chi connectivity index (χ1v) is 12.7. The number of hydrogen-bond acceptors (Lipinski definition) is 8.